The normalized spacial score (nSPS) is 10.6. The van der Waals surface area contributed by atoms with Gasteiger partial charge in [-0.3, -0.25) is 0 Å². The van der Waals surface area contributed by atoms with Crippen LogP contribution in [0.3, 0.4) is 0 Å². The molecule has 0 aromatic heterocycles. The van der Waals surface area contributed by atoms with Crippen molar-refractivity contribution in [3.63, 3.8) is 0 Å². The van der Waals surface area contributed by atoms with Gasteiger partial charge in [-0.1, -0.05) is 77.3 Å². The molecule has 24 heavy (non-hydrogen) atoms. The van der Waals surface area contributed by atoms with E-state index in [1.807, 2.05) is 24.3 Å². The van der Waals surface area contributed by atoms with Crippen LogP contribution in [0.5, 0.6) is 5.75 Å². The summed E-state index contributed by atoms with van der Waals surface area (Å²) in [6.07, 6.45) is 13.1. The van der Waals surface area contributed by atoms with Crippen molar-refractivity contribution < 1.29 is 14.3 Å². The van der Waals surface area contributed by atoms with E-state index in [4.69, 9.17) is 9.47 Å². The van der Waals surface area contributed by atoms with Gasteiger partial charge in [-0.2, -0.15) is 0 Å². The van der Waals surface area contributed by atoms with Crippen LogP contribution in [0, 0.1) is 0 Å². The third kappa shape index (κ3) is 10.3. The third-order valence-electron chi connectivity index (χ3n) is 4.16. The lowest BCUT2D eigenvalue weighted by atomic mass is 10.0. The van der Waals surface area contributed by atoms with Crippen molar-refractivity contribution in [1.29, 1.82) is 0 Å². The Balaban J connectivity index is 2.12. The molecular weight excluding hydrogens is 300 g/mol. The number of hydrogen-bond acceptors (Lipinski definition) is 3. The second kappa shape index (κ2) is 13.9. The van der Waals surface area contributed by atoms with E-state index in [0.29, 0.717) is 12.4 Å². The molecule has 0 aliphatic rings. The first kappa shape index (κ1) is 20.5. The Morgan fingerprint density at radius 1 is 0.792 bits per heavy atom. The van der Waals surface area contributed by atoms with Crippen LogP contribution in [0.4, 0.5) is 4.79 Å². The third-order valence-corrected chi connectivity index (χ3v) is 4.16. The summed E-state index contributed by atoms with van der Waals surface area (Å²) in [7, 11) is 0. The second-order valence-electron chi connectivity index (χ2n) is 6.42. The molecule has 0 bridgehead atoms. The van der Waals surface area contributed by atoms with Crippen LogP contribution in [-0.4, -0.2) is 12.8 Å². The molecule has 3 nitrogen and oxygen atoms in total. The summed E-state index contributed by atoms with van der Waals surface area (Å²) in [6.45, 7) is 4.73. The Morgan fingerprint density at radius 3 is 2.00 bits per heavy atom. The topological polar surface area (TPSA) is 35.5 Å². The highest BCUT2D eigenvalue weighted by molar-refractivity contribution is 5.63. The van der Waals surface area contributed by atoms with Crippen molar-refractivity contribution >= 4 is 6.16 Å². The number of rotatable bonds is 13. The summed E-state index contributed by atoms with van der Waals surface area (Å²) in [4.78, 5) is 11.5. The molecule has 1 aromatic carbocycles. The maximum Gasteiger partial charge on any atom is 0.513 e. The van der Waals surface area contributed by atoms with E-state index in [-0.39, 0.29) is 0 Å². The molecule has 0 amide bonds. The van der Waals surface area contributed by atoms with E-state index in [0.717, 1.165) is 19.3 Å². The van der Waals surface area contributed by atoms with Crippen LogP contribution in [0.2, 0.25) is 0 Å². The zero-order chi connectivity index (χ0) is 17.5. The van der Waals surface area contributed by atoms with Gasteiger partial charge in [-0.05, 0) is 37.0 Å². The molecule has 0 aliphatic heterocycles. The summed E-state index contributed by atoms with van der Waals surface area (Å²) in [5.41, 5.74) is 1.30. The van der Waals surface area contributed by atoms with Gasteiger partial charge in [0.2, 0.25) is 0 Å². The maximum absolute atomic E-state index is 11.5. The van der Waals surface area contributed by atoms with Crippen LogP contribution < -0.4 is 4.74 Å². The highest BCUT2D eigenvalue weighted by atomic mass is 16.7. The minimum Gasteiger partial charge on any atom is -0.434 e. The fourth-order valence-corrected chi connectivity index (χ4v) is 2.61. The van der Waals surface area contributed by atoms with Gasteiger partial charge in [0, 0.05) is 0 Å². The van der Waals surface area contributed by atoms with E-state index in [9.17, 15) is 4.79 Å². The quantitative estimate of drug-likeness (QED) is 0.229. The lowest BCUT2D eigenvalue weighted by Gasteiger charge is -2.06. The number of ether oxygens (including phenoxy) is 2. The van der Waals surface area contributed by atoms with Gasteiger partial charge in [-0.25, -0.2) is 4.79 Å². The van der Waals surface area contributed by atoms with E-state index >= 15 is 0 Å². The van der Waals surface area contributed by atoms with Crippen LogP contribution in [-0.2, 0) is 11.2 Å². The second-order valence-corrected chi connectivity index (χ2v) is 6.42. The van der Waals surface area contributed by atoms with Crippen molar-refractivity contribution in [2.45, 2.75) is 84.5 Å². The minimum atomic E-state index is -0.612. The lowest BCUT2D eigenvalue weighted by Crippen LogP contribution is -2.11. The van der Waals surface area contributed by atoms with Crippen molar-refractivity contribution in [3.8, 4) is 5.75 Å². The predicted octanol–water partition coefficient (Wildman–Crippen LogP) is 6.69. The van der Waals surface area contributed by atoms with E-state index in [1.54, 1.807) is 0 Å². The van der Waals surface area contributed by atoms with Gasteiger partial charge >= 0.3 is 6.16 Å². The summed E-state index contributed by atoms with van der Waals surface area (Å²) >= 11 is 0. The molecule has 0 spiro atoms. The average molecular weight is 335 g/mol. The number of aryl methyl sites for hydroxylation is 1. The average Bonchev–Trinajstić information content (AvgIpc) is 2.59. The molecule has 0 saturated carbocycles. The van der Waals surface area contributed by atoms with Gasteiger partial charge in [0.05, 0.1) is 6.61 Å². The number of hydrogen-bond donors (Lipinski definition) is 0. The Hall–Kier alpha value is -1.51. The molecule has 0 fully saturated rings. The van der Waals surface area contributed by atoms with Gasteiger partial charge in [-0.15, -0.1) is 0 Å². The molecule has 0 saturated heterocycles. The Morgan fingerprint density at radius 2 is 1.38 bits per heavy atom. The number of carbonyl (C=O) groups excluding carboxylic acids is 1. The largest absolute Gasteiger partial charge is 0.513 e. The fraction of sp³-hybridized carbons (Fsp3) is 0.667. The van der Waals surface area contributed by atoms with E-state index < -0.39 is 6.16 Å². The van der Waals surface area contributed by atoms with Crippen LogP contribution in [0.1, 0.15) is 83.6 Å². The van der Waals surface area contributed by atoms with Crippen molar-refractivity contribution in [2.75, 3.05) is 6.61 Å². The zero-order valence-corrected chi connectivity index (χ0v) is 15.5. The highest BCUT2D eigenvalue weighted by Gasteiger charge is 2.05. The summed E-state index contributed by atoms with van der Waals surface area (Å²) in [5, 5.41) is 0. The first-order valence-corrected chi connectivity index (χ1v) is 9.69. The Labute approximate surface area is 147 Å². The number of carbonyl (C=O) groups is 1. The predicted molar refractivity (Wildman–Crippen MR) is 99.6 cm³/mol. The molecule has 3 heteroatoms. The molecule has 0 atom stereocenters. The molecule has 0 N–H and O–H groups in total. The number of benzene rings is 1. The van der Waals surface area contributed by atoms with E-state index in [2.05, 4.69) is 13.8 Å². The first-order chi connectivity index (χ1) is 11.8. The standard InChI is InChI=1S/C21H34O3/c1-3-5-7-8-9-10-11-12-13-19-14-16-20(17-15-19)24-21(22)23-18-6-4-2/h14-17H,3-13,18H2,1-2H3. The van der Waals surface area contributed by atoms with Crippen molar-refractivity contribution in [2.24, 2.45) is 0 Å². The summed E-state index contributed by atoms with van der Waals surface area (Å²) in [5.74, 6) is 0.552. The molecule has 0 aliphatic carbocycles. The number of unbranched alkanes of at least 4 members (excludes halogenated alkanes) is 8. The Bertz CT molecular complexity index is 425. The molecule has 0 heterocycles. The SMILES string of the molecule is CCCCCCCCCCc1ccc(OC(=O)OCCCC)cc1. The monoisotopic (exact) mass is 334 g/mol. The molecule has 0 radical (unpaired) electrons. The van der Waals surface area contributed by atoms with Crippen LogP contribution in [0.25, 0.3) is 0 Å². The van der Waals surface area contributed by atoms with Crippen molar-refractivity contribution in [3.05, 3.63) is 29.8 Å². The molecule has 0 unspecified atom stereocenters. The zero-order valence-electron chi connectivity index (χ0n) is 15.5. The maximum atomic E-state index is 11.5. The van der Waals surface area contributed by atoms with Gasteiger partial charge < -0.3 is 9.47 Å². The molecule has 1 rings (SSSR count). The lowest BCUT2D eigenvalue weighted by molar-refractivity contribution is 0.0978. The van der Waals surface area contributed by atoms with Gasteiger partial charge in [0.1, 0.15) is 5.75 Å². The smallest absolute Gasteiger partial charge is 0.434 e. The molecule has 1 aromatic rings. The first-order valence-electron chi connectivity index (χ1n) is 9.69. The Kier molecular flexibility index (Phi) is 11.9. The minimum absolute atomic E-state index is 0.422. The molecule has 136 valence electrons. The van der Waals surface area contributed by atoms with Crippen LogP contribution >= 0.6 is 0 Å². The summed E-state index contributed by atoms with van der Waals surface area (Å²) in [6, 6.07) is 7.77. The van der Waals surface area contributed by atoms with E-state index in [1.165, 1.54) is 56.9 Å². The highest BCUT2D eigenvalue weighted by Crippen LogP contribution is 2.16. The van der Waals surface area contributed by atoms with Gasteiger partial charge in [0.25, 0.3) is 0 Å². The van der Waals surface area contributed by atoms with Crippen LogP contribution in [0.15, 0.2) is 24.3 Å². The molecular formula is C21H34O3. The summed E-state index contributed by atoms with van der Waals surface area (Å²) < 4.78 is 10.1. The fourth-order valence-electron chi connectivity index (χ4n) is 2.61. The van der Waals surface area contributed by atoms with Gasteiger partial charge in [0.15, 0.2) is 0 Å². The van der Waals surface area contributed by atoms with Crippen molar-refractivity contribution in [1.82, 2.24) is 0 Å².